The average Bonchev–Trinajstić information content (AvgIpc) is 2.76. The van der Waals surface area contributed by atoms with Gasteiger partial charge in [0.05, 0.1) is 12.1 Å². The number of nitrogens with zero attached hydrogens (tertiary/aromatic N) is 2. The van der Waals surface area contributed by atoms with E-state index in [4.69, 9.17) is 5.11 Å². The SMILES string of the molecule is Cc1ccc(CN(CCC(=O)O)c2nc(C)c(C)s2)cc1. The highest BCUT2D eigenvalue weighted by atomic mass is 32.1. The van der Waals surface area contributed by atoms with Gasteiger partial charge < -0.3 is 10.0 Å². The van der Waals surface area contributed by atoms with Crippen molar-refractivity contribution in [2.45, 2.75) is 33.7 Å². The Bertz CT molecular complexity index is 600. The molecule has 1 aromatic carbocycles. The first kappa shape index (κ1) is 15.5. The molecule has 112 valence electrons. The number of carboxylic acids is 1. The maximum absolute atomic E-state index is 10.9. The van der Waals surface area contributed by atoms with Gasteiger partial charge in [0, 0.05) is 18.0 Å². The minimum absolute atomic E-state index is 0.115. The van der Waals surface area contributed by atoms with Crippen molar-refractivity contribution < 1.29 is 9.90 Å². The molecular weight excluding hydrogens is 284 g/mol. The minimum Gasteiger partial charge on any atom is -0.481 e. The Morgan fingerprint density at radius 1 is 1.24 bits per heavy atom. The lowest BCUT2D eigenvalue weighted by Crippen LogP contribution is -2.25. The number of carboxylic acid groups (broad SMARTS) is 1. The van der Waals surface area contributed by atoms with Crippen LogP contribution in [0.4, 0.5) is 5.13 Å². The number of benzene rings is 1. The number of rotatable bonds is 6. The van der Waals surface area contributed by atoms with Crippen LogP contribution in [0.3, 0.4) is 0 Å². The van der Waals surface area contributed by atoms with Crippen molar-refractivity contribution in [3.63, 3.8) is 0 Å². The highest BCUT2D eigenvalue weighted by molar-refractivity contribution is 7.15. The third kappa shape index (κ3) is 4.29. The van der Waals surface area contributed by atoms with Gasteiger partial charge in [-0.1, -0.05) is 29.8 Å². The molecule has 2 rings (SSSR count). The lowest BCUT2D eigenvalue weighted by Gasteiger charge is -2.21. The van der Waals surface area contributed by atoms with Crippen molar-refractivity contribution in [3.05, 3.63) is 46.0 Å². The Morgan fingerprint density at radius 2 is 1.90 bits per heavy atom. The van der Waals surface area contributed by atoms with Gasteiger partial charge in [0.15, 0.2) is 5.13 Å². The van der Waals surface area contributed by atoms with Crippen LogP contribution in [-0.2, 0) is 11.3 Å². The highest BCUT2D eigenvalue weighted by Crippen LogP contribution is 2.26. The van der Waals surface area contributed by atoms with Gasteiger partial charge in [0.25, 0.3) is 0 Å². The number of anilines is 1. The molecule has 21 heavy (non-hydrogen) atoms. The summed E-state index contributed by atoms with van der Waals surface area (Å²) in [6, 6.07) is 8.30. The van der Waals surface area contributed by atoms with Crippen molar-refractivity contribution in [2.75, 3.05) is 11.4 Å². The predicted octanol–water partition coefficient (Wildman–Crippen LogP) is 3.55. The molecule has 0 unspecified atom stereocenters. The molecule has 1 aromatic heterocycles. The van der Waals surface area contributed by atoms with Crippen molar-refractivity contribution in [2.24, 2.45) is 0 Å². The van der Waals surface area contributed by atoms with Crippen LogP contribution in [0, 0.1) is 20.8 Å². The van der Waals surface area contributed by atoms with Crippen molar-refractivity contribution in [1.29, 1.82) is 0 Å². The van der Waals surface area contributed by atoms with Crippen LogP contribution in [-0.4, -0.2) is 22.6 Å². The Labute approximate surface area is 129 Å². The van der Waals surface area contributed by atoms with E-state index in [2.05, 4.69) is 36.2 Å². The molecule has 0 aliphatic carbocycles. The molecule has 0 radical (unpaired) electrons. The van der Waals surface area contributed by atoms with Gasteiger partial charge >= 0.3 is 5.97 Å². The number of thiazole rings is 1. The van der Waals surface area contributed by atoms with E-state index in [-0.39, 0.29) is 6.42 Å². The van der Waals surface area contributed by atoms with Gasteiger partial charge in [-0.25, -0.2) is 4.98 Å². The van der Waals surface area contributed by atoms with E-state index in [1.807, 2.05) is 18.7 Å². The molecule has 0 amide bonds. The lowest BCUT2D eigenvalue weighted by atomic mass is 10.1. The summed E-state index contributed by atoms with van der Waals surface area (Å²) >= 11 is 1.62. The van der Waals surface area contributed by atoms with Crippen LogP contribution in [0.2, 0.25) is 0 Å². The molecule has 5 heteroatoms. The fourth-order valence-corrected chi connectivity index (χ4v) is 2.91. The van der Waals surface area contributed by atoms with E-state index in [1.54, 1.807) is 11.3 Å². The molecule has 0 spiro atoms. The summed E-state index contributed by atoms with van der Waals surface area (Å²) in [5.74, 6) is -0.783. The van der Waals surface area contributed by atoms with Gasteiger partial charge in [0.1, 0.15) is 0 Å². The van der Waals surface area contributed by atoms with Crippen molar-refractivity contribution in [1.82, 2.24) is 4.98 Å². The zero-order valence-corrected chi connectivity index (χ0v) is 13.4. The zero-order chi connectivity index (χ0) is 15.4. The zero-order valence-electron chi connectivity index (χ0n) is 12.6. The smallest absolute Gasteiger partial charge is 0.305 e. The second-order valence-corrected chi connectivity index (χ2v) is 6.37. The predicted molar refractivity (Wildman–Crippen MR) is 86.1 cm³/mol. The number of aliphatic carboxylic acids is 1. The first-order chi connectivity index (χ1) is 9.95. The fraction of sp³-hybridized carbons (Fsp3) is 0.375. The Kier molecular flexibility index (Phi) is 4.96. The Morgan fingerprint density at radius 3 is 2.43 bits per heavy atom. The summed E-state index contributed by atoms with van der Waals surface area (Å²) < 4.78 is 0. The quantitative estimate of drug-likeness (QED) is 0.886. The van der Waals surface area contributed by atoms with Crippen LogP contribution < -0.4 is 4.90 Å². The molecule has 0 aliphatic rings. The van der Waals surface area contributed by atoms with E-state index < -0.39 is 5.97 Å². The molecule has 0 atom stereocenters. The number of hydrogen-bond acceptors (Lipinski definition) is 4. The van der Waals surface area contributed by atoms with Crippen LogP contribution in [0.25, 0.3) is 0 Å². The first-order valence-corrected chi connectivity index (χ1v) is 7.73. The molecule has 1 heterocycles. The van der Waals surface area contributed by atoms with Gasteiger partial charge in [0.2, 0.25) is 0 Å². The van der Waals surface area contributed by atoms with E-state index in [1.165, 1.54) is 10.4 Å². The second kappa shape index (κ2) is 6.72. The van der Waals surface area contributed by atoms with Gasteiger partial charge in [-0.3, -0.25) is 4.79 Å². The van der Waals surface area contributed by atoms with Crippen molar-refractivity contribution >= 4 is 22.4 Å². The molecular formula is C16H20N2O2S. The topological polar surface area (TPSA) is 53.4 Å². The fourth-order valence-electron chi connectivity index (χ4n) is 1.98. The van der Waals surface area contributed by atoms with E-state index in [9.17, 15) is 4.79 Å². The van der Waals surface area contributed by atoms with Crippen LogP contribution in [0.1, 0.15) is 28.1 Å². The summed E-state index contributed by atoms with van der Waals surface area (Å²) in [5, 5.41) is 9.82. The Hall–Kier alpha value is -1.88. The summed E-state index contributed by atoms with van der Waals surface area (Å²) in [5.41, 5.74) is 3.40. The lowest BCUT2D eigenvalue weighted by molar-refractivity contribution is -0.136. The molecule has 1 N–H and O–H groups in total. The molecule has 0 saturated carbocycles. The number of carbonyl (C=O) groups is 1. The molecule has 2 aromatic rings. The summed E-state index contributed by atoms with van der Waals surface area (Å²) in [6.45, 7) is 7.23. The first-order valence-electron chi connectivity index (χ1n) is 6.92. The molecule has 0 aliphatic heterocycles. The van der Waals surface area contributed by atoms with Crippen LogP contribution >= 0.6 is 11.3 Å². The normalized spacial score (nSPS) is 10.6. The number of aryl methyl sites for hydroxylation is 3. The Balaban J connectivity index is 2.18. The highest BCUT2D eigenvalue weighted by Gasteiger charge is 2.14. The number of aromatic nitrogens is 1. The average molecular weight is 304 g/mol. The summed E-state index contributed by atoms with van der Waals surface area (Å²) in [7, 11) is 0. The largest absolute Gasteiger partial charge is 0.481 e. The summed E-state index contributed by atoms with van der Waals surface area (Å²) in [4.78, 5) is 18.6. The van der Waals surface area contributed by atoms with Crippen molar-refractivity contribution in [3.8, 4) is 0 Å². The van der Waals surface area contributed by atoms with Gasteiger partial charge in [-0.15, -0.1) is 11.3 Å². The van der Waals surface area contributed by atoms with Gasteiger partial charge in [-0.05, 0) is 26.3 Å². The maximum Gasteiger partial charge on any atom is 0.305 e. The third-order valence-electron chi connectivity index (χ3n) is 3.38. The van der Waals surface area contributed by atoms with E-state index in [0.717, 1.165) is 16.4 Å². The molecule has 0 bridgehead atoms. The van der Waals surface area contributed by atoms with Gasteiger partial charge in [-0.2, -0.15) is 0 Å². The second-order valence-electron chi connectivity index (χ2n) is 5.19. The number of hydrogen-bond donors (Lipinski definition) is 1. The third-order valence-corrected chi connectivity index (χ3v) is 4.51. The molecule has 0 saturated heterocycles. The minimum atomic E-state index is -0.783. The molecule has 0 fully saturated rings. The standard InChI is InChI=1S/C16H20N2O2S/c1-11-4-6-14(7-5-11)10-18(9-8-15(19)20)16-17-12(2)13(3)21-16/h4-7H,8-10H2,1-3H3,(H,19,20). The van der Waals surface area contributed by atoms with Crippen LogP contribution in [0.15, 0.2) is 24.3 Å². The summed E-state index contributed by atoms with van der Waals surface area (Å²) in [6.07, 6.45) is 0.115. The van der Waals surface area contributed by atoms with E-state index >= 15 is 0 Å². The van der Waals surface area contributed by atoms with E-state index in [0.29, 0.717) is 13.1 Å². The maximum atomic E-state index is 10.9. The monoisotopic (exact) mass is 304 g/mol. The van der Waals surface area contributed by atoms with Crippen LogP contribution in [0.5, 0.6) is 0 Å². The molecule has 4 nitrogen and oxygen atoms in total.